The third-order valence-electron chi connectivity index (χ3n) is 6.62. The molecule has 0 saturated carbocycles. The van der Waals surface area contributed by atoms with Crippen molar-refractivity contribution in [2.75, 3.05) is 70.5 Å². The Morgan fingerprint density at radius 2 is 2.00 bits per heavy atom. The van der Waals surface area contributed by atoms with Crippen molar-refractivity contribution in [3.63, 3.8) is 0 Å². The molecule has 3 fully saturated rings. The van der Waals surface area contributed by atoms with E-state index in [0.29, 0.717) is 12.0 Å². The number of halogens is 1. The van der Waals surface area contributed by atoms with Crippen LogP contribution in [0.5, 0.6) is 0 Å². The van der Waals surface area contributed by atoms with Gasteiger partial charge in [-0.05, 0) is 37.9 Å². The van der Waals surface area contributed by atoms with E-state index in [-0.39, 0.29) is 24.0 Å². The van der Waals surface area contributed by atoms with Crippen LogP contribution in [-0.4, -0.2) is 86.3 Å². The highest BCUT2D eigenvalue weighted by Crippen LogP contribution is 2.38. The molecule has 0 aliphatic carbocycles. The van der Waals surface area contributed by atoms with Gasteiger partial charge in [-0.3, -0.25) is 0 Å². The first-order valence-electron chi connectivity index (χ1n) is 11.2. The zero-order valence-corrected chi connectivity index (χ0v) is 20.8. The maximum atomic E-state index is 5.67. The lowest BCUT2D eigenvalue weighted by molar-refractivity contribution is 0.156. The predicted molar refractivity (Wildman–Crippen MR) is 133 cm³/mol. The zero-order valence-electron chi connectivity index (χ0n) is 18.5. The van der Waals surface area contributed by atoms with Gasteiger partial charge >= 0.3 is 0 Å². The van der Waals surface area contributed by atoms with Crippen LogP contribution < -0.4 is 10.2 Å². The highest BCUT2D eigenvalue weighted by atomic mass is 127. The van der Waals surface area contributed by atoms with Gasteiger partial charge in [0.05, 0.1) is 13.2 Å². The van der Waals surface area contributed by atoms with Gasteiger partial charge < -0.3 is 24.8 Å². The molecular formula is C22H37IN6O. The fourth-order valence-corrected chi connectivity index (χ4v) is 4.67. The molecule has 168 valence electrons. The number of likely N-dealkylation sites (tertiary alicyclic amines) is 1. The summed E-state index contributed by atoms with van der Waals surface area (Å²) in [6, 6.07) is 4.33. The zero-order chi connectivity index (χ0) is 20.1. The molecule has 30 heavy (non-hydrogen) atoms. The largest absolute Gasteiger partial charge is 0.381 e. The molecule has 1 unspecified atom stereocenters. The number of hydrogen-bond donors (Lipinski definition) is 1. The number of rotatable bonds is 5. The third kappa shape index (κ3) is 5.56. The fraction of sp³-hybridized carbons (Fsp3) is 0.727. The van der Waals surface area contributed by atoms with Crippen LogP contribution in [0.4, 0.5) is 5.82 Å². The number of nitrogens with one attached hydrogen (secondary N) is 1. The van der Waals surface area contributed by atoms with E-state index in [4.69, 9.17) is 14.7 Å². The van der Waals surface area contributed by atoms with E-state index in [1.54, 1.807) is 0 Å². The van der Waals surface area contributed by atoms with E-state index in [1.165, 1.54) is 12.8 Å². The van der Waals surface area contributed by atoms with Crippen molar-refractivity contribution in [2.45, 2.75) is 33.2 Å². The SMILES string of the molecule is CCNC(=NCc1ccc(N2CCN(CC)CC2)nc1)N1CCC2(CCOC2)C1.I. The fourth-order valence-electron chi connectivity index (χ4n) is 4.67. The van der Waals surface area contributed by atoms with Gasteiger partial charge in [0.2, 0.25) is 0 Å². The average Bonchev–Trinajstić information content (AvgIpc) is 3.41. The lowest BCUT2D eigenvalue weighted by atomic mass is 9.87. The van der Waals surface area contributed by atoms with E-state index >= 15 is 0 Å². The highest BCUT2D eigenvalue weighted by Gasteiger charge is 2.42. The molecule has 0 amide bonds. The van der Waals surface area contributed by atoms with Crippen molar-refractivity contribution in [1.29, 1.82) is 0 Å². The minimum Gasteiger partial charge on any atom is -0.381 e. The maximum absolute atomic E-state index is 5.67. The number of ether oxygens (including phenoxy) is 1. The topological polar surface area (TPSA) is 56.2 Å². The highest BCUT2D eigenvalue weighted by molar-refractivity contribution is 14.0. The van der Waals surface area contributed by atoms with E-state index in [1.807, 2.05) is 6.20 Å². The van der Waals surface area contributed by atoms with Gasteiger partial charge in [-0.25, -0.2) is 9.98 Å². The molecule has 3 aliphatic heterocycles. The summed E-state index contributed by atoms with van der Waals surface area (Å²) < 4.78 is 5.67. The molecule has 4 heterocycles. The Hall–Kier alpha value is -1.13. The van der Waals surface area contributed by atoms with E-state index < -0.39 is 0 Å². The van der Waals surface area contributed by atoms with Crippen molar-refractivity contribution >= 4 is 35.8 Å². The lowest BCUT2D eigenvalue weighted by Crippen LogP contribution is -2.46. The first-order valence-corrected chi connectivity index (χ1v) is 11.2. The summed E-state index contributed by atoms with van der Waals surface area (Å²) in [7, 11) is 0. The number of nitrogens with zero attached hydrogens (tertiary/aromatic N) is 5. The van der Waals surface area contributed by atoms with E-state index in [0.717, 1.165) is 82.9 Å². The van der Waals surface area contributed by atoms with Gasteiger partial charge in [-0.1, -0.05) is 13.0 Å². The molecule has 8 heteroatoms. The third-order valence-corrected chi connectivity index (χ3v) is 6.62. The lowest BCUT2D eigenvalue weighted by Gasteiger charge is -2.34. The molecule has 1 aromatic heterocycles. The van der Waals surface area contributed by atoms with Crippen LogP contribution in [0.25, 0.3) is 0 Å². The average molecular weight is 528 g/mol. The quantitative estimate of drug-likeness (QED) is 0.360. The van der Waals surface area contributed by atoms with Crippen molar-refractivity contribution in [3.8, 4) is 0 Å². The van der Waals surface area contributed by atoms with Crippen molar-refractivity contribution < 1.29 is 4.74 Å². The van der Waals surface area contributed by atoms with Crippen LogP contribution >= 0.6 is 24.0 Å². The van der Waals surface area contributed by atoms with Crippen molar-refractivity contribution in [1.82, 2.24) is 20.1 Å². The smallest absolute Gasteiger partial charge is 0.194 e. The summed E-state index contributed by atoms with van der Waals surface area (Å²) in [4.78, 5) is 16.9. The summed E-state index contributed by atoms with van der Waals surface area (Å²) in [5.74, 6) is 2.11. The number of likely N-dealkylation sites (N-methyl/N-ethyl adjacent to an activating group) is 1. The molecule has 7 nitrogen and oxygen atoms in total. The predicted octanol–water partition coefficient (Wildman–Crippen LogP) is 2.42. The Bertz CT molecular complexity index is 683. The van der Waals surface area contributed by atoms with Gasteiger partial charge in [-0.15, -0.1) is 24.0 Å². The molecule has 1 spiro atoms. The number of pyridine rings is 1. The first-order chi connectivity index (χ1) is 14.2. The van der Waals surface area contributed by atoms with Gasteiger partial charge in [0.1, 0.15) is 5.82 Å². The second kappa shape index (κ2) is 10.9. The number of anilines is 1. The van der Waals surface area contributed by atoms with Crippen LogP contribution in [0.2, 0.25) is 0 Å². The number of guanidine groups is 1. The molecule has 3 aliphatic rings. The Labute approximate surface area is 198 Å². The second-order valence-corrected chi connectivity index (χ2v) is 8.59. The second-order valence-electron chi connectivity index (χ2n) is 8.59. The Kier molecular flexibility index (Phi) is 8.59. The van der Waals surface area contributed by atoms with Crippen molar-refractivity contribution in [3.05, 3.63) is 23.9 Å². The van der Waals surface area contributed by atoms with Crippen LogP contribution in [0.3, 0.4) is 0 Å². The molecule has 3 saturated heterocycles. The summed E-state index contributed by atoms with van der Waals surface area (Å²) in [6.45, 7) is 15.4. The summed E-state index contributed by atoms with van der Waals surface area (Å²) in [6.07, 6.45) is 4.38. The molecule has 0 bridgehead atoms. The van der Waals surface area contributed by atoms with Gasteiger partial charge in [0, 0.05) is 64.0 Å². The number of piperazine rings is 1. The van der Waals surface area contributed by atoms with Crippen molar-refractivity contribution in [2.24, 2.45) is 10.4 Å². The molecule has 1 aromatic rings. The Morgan fingerprint density at radius 3 is 2.63 bits per heavy atom. The summed E-state index contributed by atoms with van der Waals surface area (Å²) in [5.41, 5.74) is 1.51. The maximum Gasteiger partial charge on any atom is 0.194 e. The number of aromatic nitrogens is 1. The molecule has 1 N–H and O–H groups in total. The minimum absolute atomic E-state index is 0. The standard InChI is InChI=1S/C22H36N6O.HI/c1-3-23-21(28-9-7-22(17-28)8-14-29-18-22)25-16-19-5-6-20(24-15-19)27-12-10-26(4-2)11-13-27;/h5-6,15H,3-4,7-14,16-18H2,1-2H3,(H,23,25);1H. The first kappa shape index (κ1) is 23.5. The monoisotopic (exact) mass is 528 g/mol. The molecule has 1 atom stereocenters. The van der Waals surface area contributed by atoms with Crippen LogP contribution in [0.1, 0.15) is 32.3 Å². The summed E-state index contributed by atoms with van der Waals surface area (Å²) >= 11 is 0. The van der Waals surface area contributed by atoms with Gasteiger partial charge in [0.15, 0.2) is 5.96 Å². The van der Waals surface area contributed by atoms with Crippen LogP contribution in [-0.2, 0) is 11.3 Å². The number of hydrogen-bond acceptors (Lipinski definition) is 5. The van der Waals surface area contributed by atoms with Gasteiger partial charge in [0.25, 0.3) is 0 Å². The Morgan fingerprint density at radius 1 is 1.17 bits per heavy atom. The van der Waals surface area contributed by atoms with E-state index in [2.05, 4.69) is 46.0 Å². The van der Waals surface area contributed by atoms with E-state index in [9.17, 15) is 0 Å². The molecular weight excluding hydrogens is 491 g/mol. The normalized spacial score (nSPS) is 25.1. The minimum atomic E-state index is 0. The van der Waals surface area contributed by atoms with Crippen LogP contribution in [0.15, 0.2) is 23.3 Å². The molecule has 4 rings (SSSR count). The molecule has 0 radical (unpaired) electrons. The summed E-state index contributed by atoms with van der Waals surface area (Å²) in [5, 5.41) is 3.48. The van der Waals surface area contributed by atoms with Crippen LogP contribution in [0, 0.1) is 5.41 Å². The molecule has 0 aromatic carbocycles. The number of aliphatic imine (C=N–C) groups is 1. The Balaban J connectivity index is 0.00000256. The van der Waals surface area contributed by atoms with Gasteiger partial charge in [-0.2, -0.15) is 0 Å².